The molecule has 134 valence electrons. The van der Waals surface area contributed by atoms with E-state index in [1.165, 1.54) is 5.06 Å². The summed E-state index contributed by atoms with van der Waals surface area (Å²) >= 11 is 3.34. The van der Waals surface area contributed by atoms with Crippen molar-refractivity contribution in [3.8, 4) is 0 Å². The maximum absolute atomic E-state index is 12.9. The predicted octanol–water partition coefficient (Wildman–Crippen LogP) is 3.62. The normalized spacial score (nSPS) is 21.8. The molecule has 7 nitrogen and oxygen atoms in total. The molecule has 1 aromatic carbocycles. The highest BCUT2D eigenvalue weighted by Crippen LogP contribution is 2.57. The van der Waals surface area contributed by atoms with Gasteiger partial charge in [-0.15, -0.1) is 0 Å². The van der Waals surface area contributed by atoms with Crippen LogP contribution in [0.15, 0.2) is 28.7 Å². The van der Waals surface area contributed by atoms with E-state index in [0.717, 1.165) is 4.47 Å². The Morgan fingerprint density at radius 1 is 1.33 bits per heavy atom. The van der Waals surface area contributed by atoms with Crippen LogP contribution in [0.1, 0.15) is 20.3 Å². The summed E-state index contributed by atoms with van der Waals surface area (Å²) in [5.74, 6) is -0.913. The number of nitrogens with one attached hydrogen (secondary N) is 1. The van der Waals surface area contributed by atoms with Gasteiger partial charge in [-0.05, 0) is 38.1 Å². The first-order chi connectivity index (χ1) is 11.4. The predicted molar refractivity (Wildman–Crippen MR) is 94.7 cm³/mol. The van der Waals surface area contributed by atoms with Gasteiger partial charge in [0.2, 0.25) is 0 Å². The lowest BCUT2D eigenvalue weighted by Crippen LogP contribution is -2.28. The van der Waals surface area contributed by atoms with E-state index < -0.39 is 19.5 Å². The van der Waals surface area contributed by atoms with Crippen LogP contribution in [0.5, 0.6) is 0 Å². The zero-order valence-electron chi connectivity index (χ0n) is 13.9. The summed E-state index contributed by atoms with van der Waals surface area (Å²) in [6.07, 6.45) is -0.520. The van der Waals surface area contributed by atoms with Crippen molar-refractivity contribution in [2.75, 3.05) is 25.6 Å². The van der Waals surface area contributed by atoms with Gasteiger partial charge in [0.25, 0.3) is 5.91 Å². The maximum Gasteiger partial charge on any atom is 0.350 e. The van der Waals surface area contributed by atoms with Crippen LogP contribution >= 0.6 is 23.5 Å². The summed E-state index contributed by atoms with van der Waals surface area (Å²) in [5, 5.41) is 4.19. The molecule has 1 aromatic rings. The van der Waals surface area contributed by atoms with Crippen molar-refractivity contribution in [1.29, 1.82) is 0 Å². The number of nitrogens with zero attached hydrogens (tertiary/aromatic N) is 1. The topological polar surface area (TPSA) is 77.1 Å². The Morgan fingerprint density at radius 3 is 2.46 bits per heavy atom. The smallest absolute Gasteiger partial charge is 0.324 e. The number of benzene rings is 1. The summed E-state index contributed by atoms with van der Waals surface area (Å²) in [7, 11) is -1.75. The first-order valence-electron chi connectivity index (χ1n) is 7.74. The molecule has 24 heavy (non-hydrogen) atoms. The molecule has 1 heterocycles. The molecule has 0 radical (unpaired) electrons. The van der Waals surface area contributed by atoms with Crippen LogP contribution in [0.25, 0.3) is 0 Å². The average Bonchev–Trinajstić information content (AvgIpc) is 2.93. The van der Waals surface area contributed by atoms with Crippen LogP contribution in [-0.4, -0.2) is 43.1 Å². The van der Waals surface area contributed by atoms with E-state index in [1.807, 2.05) is 12.1 Å². The number of hydroxylamine groups is 2. The molecule has 0 aliphatic carbocycles. The Kier molecular flexibility index (Phi) is 6.98. The van der Waals surface area contributed by atoms with Gasteiger partial charge in [-0.25, -0.2) is 0 Å². The van der Waals surface area contributed by atoms with E-state index >= 15 is 0 Å². The van der Waals surface area contributed by atoms with Crippen LogP contribution in [0.2, 0.25) is 0 Å². The Bertz CT molecular complexity index is 602. The molecule has 0 saturated carbocycles. The Hall–Kier alpha value is -0.760. The first kappa shape index (κ1) is 19.6. The molecule has 0 unspecified atom stereocenters. The lowest BCUT2D eigenvalue weighted by molar-refractivity contribution is -0.155. The SMILES string of the molecule is CCOP(=O)(OCC)[C@@H]1C[C@@H](C(=O)Nc2ccc(Br)cc2)ON1C. The second-order valence-electron chi connectivity index (χ2n) is 5.23. The van der Waals surface area contributed by atoms with Crippen molar-refractivity contribution in [2.24, 2.45) is 0 Å². The minimum atomic E-state index is -3.37. The maximum atomic E-state index is 12.9. The van der Waals surface area contributed by atoms with Gasteiger partial charge < -0.3 is 14.4 Å². The van der Waals surface area contributed by atoms with Crippen molar-refractivity contribution < 1.29 is 23.2 Å². The fraction of sp³-hybridized carbons (Fsp3) is 0.533. The van der Waals surface area contributed by atoms with E-state index in [2.05, 4.69) is 21.2 Å². The molecule has 1 amide bonds. The summed E-state index contributed by atoms with van der Waals surface area (Å²) in [4.78, 5) is 17.9. The molecule has 1 aliphatic heterocycles. The fourth-order valence-corrected chi connectivity index (χ4v) is 4.77. The number of amides is 1. The zero-order chi connectivity index (χ0) is 17.7. The number of hydrogen-bond donors (Lipinski definition) is 1. The van der Waals surface area contributed by atoms with Crippen molar-refractivity contribution in [1.82, 2.24) is 5.06 Å². The van der Waals surface area contributed by atoms with E-state index in [0.29, 0.717) is 5.69 Å². The summed E-state index contributed by atoms with van der Waals surface area (Å²) in [6, 6.07) is 7.23. The fourth-order valence-electron chi connectivity index (χ4n) is 2.46. The summed E-state index contributed by atoms with van der Waals surface area (Å²) in [6.45, 7) is 4.02. The summed E-state index contributed by atoms with van der Waals surface area (Å²) in [5.41, 5.74) is 0.663. The van der Waals surface area contributed by atoms with Gasteiger partial charge in [-0.1, -0.05) is 15.9 Å². The lowest BCUT2D eigenvalue weighted by Gasteiger charge is -2.25. The van der Waals surface area contributed by atoms with Crippen molar-refractivity contribution in [3.63, 3.8) is 0 Å². The van der Waals surface area contributed by atoms with E-state index in [9.17, 15) is 9.36 Å². The van der Waals surface area contributed by atoms with Gasteiger partial charge in [0.05, 0.1) is 13.2 Å². The van der Waals surface area contributed by atoms with Gasteiger partial charge in [0, 0.05) is 23.6 Å². The molecule has 1 aliphatic rings. The van der Waals surface area contributed by atoms with E-state index in [4.69, 9.17) is 13.9 Å². The molecule has 0 spiro atoms. The molecule has 1 saturated heterocycles. The molecule has 1 N–H and O–H groups in total. The van der Waals surface area contributed by atoms with Crippen LogP contribution in [0, 0.1) is 0 Å². The first-order valence-corrected chi connectivity index (χ1v) is 10.1. The second kappa shape index (κ2) is 8.56. The van der Waals surface area contributed by atoms with Crippen molar-refractivity contribution >= 4 is 35.1 Å². The molecule has 0 bridgehead atoms. The molecule has 2 atom stereocenters. The van der Waals surface area contributed by atoms with Crippen LogP contribution in [-0.2, 0) is 23.2 Å². The minimum absolute atomic E-state index is 0.232. The highest BCUT2D eigenvalue weighted by Gasteiger charge is 2.48. The lowest BCUT2D eigenvalue weighted by atomic mass is 10.2. The van der Waals surface area contributed by atoms with Gasteiger partial charge in [-0.3, -0.25) is 14.2 Å². The summed E-state index contributed by atoms with van der Waals surface area (Å²) < 4.78 is 24.5. The Morgan fingerprint density at radius 2 is 1.92 bits per heavy atom. The van der Waals surface area contributed by atoms with Gasteiger partial charge in [0.1, 0.15) is 5.78 Å². The molecular weight excluding hydrogens is 399 g/mol. The Balaban J connectivity index is 2.04. The monoisotopic (exact) mass is 420 g/mol. The van der Waals surface area contributed by atoms with E-state index in [1.54, 1.807) is 33.0 Å². The van der Waals surface area contributed by atoms with Gasteiger partial charge >= 0.3 is 7.60 Å². The van der Waals surface area contributed by atoms with Crippen LogP contribution in [0.3, 0.4) is 0 Å². The van der Waals surface area contributed by atoms with Gasteiger partial charge in [0.15, 0.2) is 6.10 Å². The number of anilines is 1. The highest BCUT2D eigenvalue weighted by molar-refractivity contribution is 9.10. The van der Waals surface area contributed by atoms with Crippen LogP contribution < -0.4 is 5.32 Å². The molecule has 0 aromatic heterocycles. The third-order valence-corrected chi connectivity index (χ3v) is 6.56. The quantitative estimate of drug-likeness (QED) is 0.678. The van der Waals surface area contributed by atoms with E-state index in [-0.39, 0.29) is 25.5 Å². The largest absolute Gasteiger partial charge is 0.350 e. The number of carbonyl (C=O) groups excluding carboxylic acids is 1. The number of rotatable bonds is 7. The zero-order valence-corrected chi connectivity index (χ0v) is 16.4. The Labute approximate surface area is 150 Å². The third-order valence-electron chi connectivity index (χ3n) is 3.53. The highest BCUT2D eigenvalue weighted by atomic mass is 79.9. The molecule has 9 heteroatoms. The van der Waals surface area contributed by atoms with Crippen molar-refractivity contribution in [3.05, 3.63) is 28.7 Å². The minimum Gasteiger partial charge on any atom is -0.324 e. The molecule has 2 rings (SSSR count). The van der Waals surface area contributed by atoms with Gasteiger partial charge in [-0.2, -0.15) is 5.06 Å². The second-order valence-corrected chi connectivity index (χ2v) is 8.34. The number of hydrogen-bond acceptors (Lipinski definition) is 6. The third kappa shape index (κ3) is 4.65. The van der Waals surface area contributed by atoms with Crippen molar-refractivity contribution in [2.45, 2.75) is 32.2 Å². The average molecular weight is 421 g/mol. The van der Waals surface area contributed by atoms with Crippen LogP contribution in [0.4, 0.5) is 5.69 Å². The number of carbonyl (C=O) groups is 1. The molecule has 1 fully saturated rings. The number of halogens is 1. The standard InChI is InChI=1S/C15H22BrN2O5P/c1-4-21-24(20,22-5-2)14-10-13(23-18(14)3)15(19)17-12-8-6-11(16)7-9-12/h6-9,13-14H,4-5,10H2,1-3H3,(H,17,19)/t13-,14+/m0/s1. The molecular formula is C15H22BrN2O5P.